The predicted molar refractivity (Wildman–Crippen MR) is 69.7 cm³/mol. The van der Waals surface area contributed by atoms with Crippen LogP contribution >= 0.6 is 0 Å². The predicted octanol–water partition coefficient (Wildman–Crippen LogP) is 1.44. The maximum Gasteiger partial charge on any atom is 0.242 e. The van der Waals surface area contributed by atoms with Gasteiger partial charge in [0.15, 0.2) is 5.82 Å². The van der Waals surface area contributed by atoms with Crippen molar-refractivity contribution in [2.45, 2.75) is 32.3 Å². The molecule has 6 nitrogen and oxygen atoms in total. The molecule has 0 amide bonds. The van der Waals surface area contributed by atoms with E-state index in [1.165, 1.54) is 12.7 Å². The first-order valence-electron chi connectivity index (χ1n) is 6.40. The number of anilines is 2. The molecule has 0 aromatic carbocycles. The summed E-state index contributed by atoms with van der Waals surface area (Å²) in [6.45, 7) is 3.99. The summed E-state index contributed by atoms with van der Waals surface area (Å²) in [5.41, 5.74) is 6.39. The number of aromatic nitrogens is 2. The number of hydrogen-bond acceptors (Lipinski definition) is 6. The third-order valence-corrected chi connectivity index (χ3v) is 2.90. The van der Waals surface area contributed by atoms with Gasteiger partial charge in [0.05, 0.1) is 12.7 Å². The molecule has 1 saturated heterocycles. The van der Waals surface area contributed by atoms with Gasteiger partial charge in [-0.15, -0.1) is 0 Å². The van der Waals surface area contributed by atoms with Crippen LogP contribution in [-0.4, -0.2) is 35.8 Å². The van der Waals surface area contributed by atoms with Crippen LogP contribution in [0.1, 0.15) is 26.2 Å². The summed E-state index contributed by atoms with van der Waals surface area (Å²) in [6, 6.07) is 0. The normalized spacial score (nSPS) is 19.5. The van der Waals surface area contributed by atoms with Gasteiger partial charge in [-0.3, -0.25) is 0 Å². The van der Waals surface area contributed by atoms with E-state index in [1.54, 1.807) is 0 Å². The van der Waals surface area contributed by atoms with Gasteiger partial charge in [-0.05, 0) is 26.2 Å². The fraction of sp³-hybridized carbons (Fsp3) is 0.667. The number of nitrogens with zero attached hydrogens (tertiary/aromatic N) is 2. The Labute approximate surface area is 107 Å². The van der Waals surface area contributed by atoms with E-state index in [4.69, 9.17) is 15.2 Å². The second kappa shape index (κ2) is 6.39. The number of nitrogens with one attached hydrogen (secondary N) is 1. The molecule has 1 unspecified atom stereocenters. The highest BCUT2D eigenvalue weighted by Crippen LogP contribution is 2.24. The molecular weight excluding hydrogens is 232 g/mol. The standard InChI is InChI=1S/C12H20N4O2/c1-2-17-12-10(13)11(15-8-16-12)14-7-9-5-3-4-6-18-9/h8-9H,2-7,13H2,1H3,(H,14,15,16). The molecule has 18 heavy (non-hydrogen) atoms. The number of hydrogen-bond donors (Lipinski definition) is 2. The van der Waals surface area contributed by atoms with Gasteiger partial charge < -0.3 is 20.5 Å². The van der Waals surface area contributed by atoms with Crippen LogP contribution in [0.4, 0.5) is 11.5 Å². The largest absolute Gasteiger partial charge is 0.476 e. The Balaban J connectivity index is 1.93. The number of nitrogens with two attached hydrogens (primary N) is 1. The van der Waals surface area contributed by atoms with Crippen molar-refractivity contribution < 1.29 is 9.47 Å². The summed E-state index contributed by atoms with van der Waals surface area (Å²) in [5.74, 6) is 1.04. The monoisotopic (exact) mass is 252 g/mol. The second-order valence-electron chi connectivity index (χ2n) is 4.24. The molecule has 0 aliphatic carbocycles. The molecule has 0 bridgehead atoms. The molecule has 2 rings (SSSR count). The highest BCUT2D eigenvalue weighted by Gasteiger charge is 2.15. The zero-order chi connectivity index (χ0) is 12.8. The van der Waals surface area contributed by atoms with E-state index >= 15 is 0 Å². The Morgan fingerprint density at radius 1 is 1.50 bits per heavy atom. The van der Waals surface area contributed by atoms with Crippen molar-refractivity contribution in [3.63, 3.8) is 0 Å². The quantitative estimate of drug-likeness (QED) is 0.825. The molecule has 1 atom stereocenters. The van der Waals surface area contributed by atoms with E-state index < -0.39 is 0 Å². The summed E-state index contributed by atoms with van der Waals surface area (Å²) < 4.78 is 11.0. The van der Waals surface area contributed by atoms with Crippen molar-refractivity contribution >= 4 is 11.5 Å². The van der Waals surface area contributed by atoms with Gasteiger partial charge in [-0.1, -0.05) is 0 Å². The zero-order valence-electron chi connectivity index (χ0n) is 10.7. The molecule has 6 heteroatoms. The van der Waals surface area contributed by atoms with Crippen molar-refractivity contribution in [2.24, 2.45) is 0 Å². The van der Waals surface area contributed by atoms with Crippen LogP contribution in [0.25, 0.3) is 0 Å². The van der Waals surface area contributed by atoms with E-state index in [2.05, 4.69) is 15.3 Å². The average molecular weight is 252 g/mol. The van der Waals surface area contributed by atoms with Gasteiger partial charge in [-0.2, -0.15) is 4.98 Å². The van der Waals surface area contributed by atoms with Crippen molar-refractivity contribution in [1.29, 1.82) is 0 Å². The highest BCUT2D eigenvalue weighted by atomic mass is 16.5. The Bertz CT molecular complexity index is 380. The lowest BCUT2D eigenvalue weighted by atomic mass is 10.1. The van der Waals surface area contributed by atoms with Crippen LogP contribution in [0.3, 0.4) is 0 Å². The van der Waals surface area contributed by atoms with Crippen LogP contribution in [0.2, 0.25) is 0 Å². The summed E-state index contributed by atoms with van der Waals surface area (Å²) in [4.78, 5) is 8.12. The highest BCUT2D eigenvalue weighted by molar-refractivity contribution is 5.66. The maximum atomic E-state index is 5.93. The number of rotatable bonds is 5. The lowest BCUT2D eigenvalue weighted by molar-refractivity contribution is 0.0247. The minimum atomic E-state index is 0.239. The smallest absolute Gasteiger partial charge is 0.242 e. The molecule has 1 aliphatic heterocycles. The molecule has 1 aromatic rings. The SMILES string of the molecule is CCOc1ncnc(NCC2CCCCO2)c1N. The van der Waals surface area contributed by atoms with Crippen LogP contribution in [0.15, 0.2) is 6.33 Å². The summed E-state index contributed by atoms with van der Waals surface area (Å²) >= 11 is 0. The molecule has 2 heterocycles. The third-order valence-electron chi connectivity index (χ3n) is 2.90. The molecule has 100 valence electrons. The summed E-state index contributed by atoms with van der Waals surface area (Å²) in [6.07, 6.45) is 5.14. The van der Waals surface area contributed by atoms with Crippen molar-refractivity contribution in [2.75, 3.05) is 30.8 Å². The first kappa shape index (κ1) is 12.9. The minimum absolute atomic E-state index is 0.239. The van der Waals surface area contributed by atoms with E-state index in [-0.39, 0.29) is 6.10 Å². The van der Waals surface area contributed by atoms with Crippen molar-refractivity contribution in [1.82, 2.24) is 9.97 Å². The van der Waals surface area contributed by atoms with E-state index in [0.717, 1.165) is 19.4 Å². The third kappa shape index (κ3) is 3.22. The Morgan fingerprint density at radius 3 is 3.11 bits per heavy atom. The first-order chi connectivity index (χ1) is 8.81. The Morgan fingerprint density at radius 2 is 2.39 bits per heavy atom. The Hall–Kier alpha value is -1.56. The fourth-order valence-electron chi connectivity index (χ4n) is 1.95. The van der Waals surface area contributed by atoms with Gasteiger partial charge in [-0.25, -0.2) is 4.98 Å². The molecule has 0 spiro atoms. The van der Waals surface area contributed by atoms with Crippen molar-refractivity contribution in [3.05, 3.63) is 6.33 Å². The van der Waals surface area contributed by atoms with Gasteiger partial charge in [0.25, 0.3) is 0 Å². The maximum absolute atomic E-state index is 5.93. The van der Waals surface area contributed by atoms with Gasteiger partial charge in [0.1, 0.15) is 12.0 Å². The molecule has 3 N–H and O–H groups in total. The Kier molecular flexibility index (Phi) is 4.58. The first-order valence-corrected chi connectivity index (χ1v) is 6.40. The van der Waals surface area contributed by atoms with E-state index in [0.29, 0.717) is 30.5 Å². The van der Waals surface area contributed by atoms with Gasteiger partial charge in [0.2, 0.25) is 5.88 Å². The van der Waals surface area contributed by atoms with Crippen LogP contribution in [-0.2, 0) is 4.74 Å². The lowest BCUT2D eigenvalue weighted by Gasteiger charge is -2.23. The van der Waals surface area contributed by atoms with Crippen LogP contribution in [0, 0.1) is 0 Å². The molecule has 1 aromatic heterocycles. The fourth-order valence-corrected chi connectivity index (χ4v) is 1.95. The van der Waals surface area contributed by atoms with Gasteiger partial charge in [0, 0.05) is 13.2 Å². The van der Waals surface area contributed by atoms with Crippen LogP contribution in [0.5, 0.6) is 5.88 Å². The van der Waals surface area contributed by atoms with Gasteiger partial charge >= 0.3 is 0 Å². The zero-order valence-corrected chi connectivity index (χ0v) is 10.7. The average Bonchev–Trinajstić information content (AvgIpc) is 2.41. The van der Waals surface area contributed by atoms with E-state index in [1.807, 2.05) is 6.92 Å². The van der Waals surface area contributed by atoms with Crippen LogP contribution < -0.4 is 15.8 Å². The molecule has 1 aliphatic rings. The number of ether oxygens (including phenoxy) is 2. The van der Waals surface area contributed by atoms with E-state index in [9.17, 15) is 0 Å². The molecular formula is C12H20N4O2. The second-order valence-corrected chi connectivity index (χ2v) is 4.24. The number of nitrogen functional groups attached to an aromatic ring is 1. The van der Waals surface area contributed by atoms with Crippen molar-refractivity contribution in [3.8, 4) is 5.88 Å². The lowest BCUT2D eigenvalue weighted by Crippen LogP contribution is -2.27. The minimum Gasteiger partial charge on any atom is -0.476 e. The molecule has 1 fully saturated rings. The topological polar surface area (TPSA) is 82.3 Å². The summed E-state index contributed by atoms with van der Waals surface area (Å²) in [7, 11) is 0. The summed E-state index contributed by atoms with van der Waals surface area (Å²) in [5, 5.41) is 3.20. The molecule has 0 radical (unpaired) electrons. The molecule has 0 saturated carbocycles.